The number of nitrogens with one attached hydrogen (secondary N) is 1. The fourth-order valence-corrected chi connectivity index (χ4v) is 3.52. The Balaban J connectivity index is 1.47. The predicted octanol–water partition coefficient (Wildman–Crippen LogP) is 5.62. The number of carbonyl (C=O) groups excluding carboxylic acids is 1. The largest absolute Gasteiger partial charge is 0.324 e. The smallest absolute Gasteiger partial charge is 0.257 e. The van der Waals surface area contributed by atoms with Crippen LogP contribution in [0.4, 0.5) is 5.13 Å². The Kier molecular flexibility index (Phi) is 4.69. The normalized spacial score (nSPS) is 10.7. The lowest BCUT2D eigenvalue weighted by Crippen LogP contribution is -2.11. The predicted molar refractivity (Wildman–Crippen MR) is 109 cm³/mol. The number of hydrogen-bond acceptors (Lipinski definition) is 3. The molecule has 0 spiro atoms. The van der Waals surface area contributed by atoms with E-state index in [1.54, 1.807) is 0 Å². The highest BCUT2D eigenvalue weighted by Crippen LogP contribution is 2.26. The van der Waals surface area contributed by atoms with Crippen molar-refractivity contribution in [1.29, 1.82) is 0 Å². The van der Waals surface area contributed by atoms with Gasteiger partial charge in [0.15, 0.2) is 5.13 Å². The van der Waals surface area contributed by atoms with Crippen LogP contribution in [-0.2, 0) is 0 Å². The third kappa shape index (κ3) is 3.61. The van der Waals surface area contributed by atoms with Gasteiger partial charge in [-0.1, -0.05) is 28.1 Å². The Labute approximate surface area is 163 Å². The van der Waals surface area contributed by atoms with Gasteiger partial charge in [-0.3, -0.25) is 10.1 Å². The lowest BCUT2D eigenvalue weighted by atomic mass is 10.2. The molecule has 4 rings (SSSR count). The summed E-state index contributed by atoms with van der Waals surface area (Å²) in [5.74, 6) is -0.166. The summed E-state index contributed by atoms with van der Waals surface area (Å²) < 4.78 is 3.01. The minimum Gasteiger partial charge on any atom is -0.324 e. The second-order valence-electron chi connectivity index (χ2n) is 5.64. The van der Waals surface area contributed by atoms with E-state index in [4.69, 9.17) is 0 Å². The molecule has 2 aromatic carbocycles. The van der Waals surface area contributed by atoms with Gasteiger partial charge < -0.3 is 4.57 Å². The molecule has 6 heteroatoms. The lowest BCUT2D eigenvalue weighted by molar-refractivity contribution is 0.102. The average Bonchev–Trinajstić information content (AvgIpc) is 3.35. The first-order chi connectivity index (χ1) is 12.7. The molecule has 2 heterocycles. The van der Waals surface area contributed by atoms with E-state index in [0.717, 1.165) is 21.4 Å². The number of benzene rings is 2. The van der Waals surface area contributed by atoms with Gasteiger partial charge in [0.05, 0.1) is 5.69 Å². The van der Waals surface area contributed by atoms with Crippen LogP contribution >= 0.6 is 27.3 Å². The summed E-state index contributed by atoms with van der Waals surface area (Å²) in [5.41, 5.74) is 3.47. The number of thiazole rings is 1. The lowest BCUT2D eigenvalue weighted by Gasteiger charge is -2.05. The second-order valence-corrected chi connectivity index (χ2v) is 7.41. The minimum atomic E-state index is -0.166. The van der Waals surface area contributed by atoms with Crippen molar-refractivity contribution in [2.24, 2.45) is 0 Å². The zero-order valence-corrected chi connectivity index (χ0v) is 16.0. The van der Waals surface area contributed by atoms with Crippen molar-refractivity contribution in [3.8, 4) is 16.9 Å². The topological polar surface area (TPSA) is 46.9 Å². The number of rotatable bonds is 4. The highest BCUT2D eigenvalue weighted by molar-refractivity contribution is 9.10. The maximum Gasteiger partial charge on any atom is 0.257 e. The van der Waals surface area contributed by atoms with Crippen LogP contribution < -0.4 is 5.32 Å². The molecule has 0 aliphatic carbocycles. The van der Waals surface area contributed by atoms with Crippen LogP contribution in [0, 0.1) is 0 Å². The summed E-state index contributed by atoms with van der Waals surface area (Å²) in [6.45, 7) is 0. The Hall–Kier alpha value is -2.70. The Bertz CT molecular complexity index is 1020. The zero-order valence-electron chi connectivity index (χ0n) is 13.6. The van der Waals surface area contributed by atoms with E-state index in [1.165, 1.54) is 11.3 Å². The quantitative estimate of drug-likeness (QED) is 0.463. The number of aromatic nitrogens is 2. The third-order valence-corrected chi connectivity index (χ3v) is 5.18. The van der Waals surface area contributed by atoms with Gasteiger partial charge in [-0.25, -0.2) is 4.98 Å². The molecule has 4 nitrogen and oxygen atoms in total. The first-order valence-corrected chi connectivity index (χ1v) is 9.62. The minimum absolute atomic E-state index is 0.166. The van der Waals surface area contributed by atoms with Crippen molar-refractivity contribution in [3.05, 3.63) is 88.5 Å². The van der Waals surface area contributed by atoms with E-state index >= 15 is 0 Å². The van der Waals surface area contributed by atoms with Crippen molar-refractivity contribution < 1.29 is 4.79 Å². The standard InChI is InChI=1S/C20H14BrN3OS/c21-16-7-3-14(4-8-16)18-13-26-20(22-18)23-19(25)15-5-9-17(10-6-15)24-11-1-2-12-24/h1-13H,(H,22,23,25). The Morgan fingerprint density at radius 1 is 1.00 bits per heavy atom. The molecule has 0 atom stereocenters. The summed E-state index contributed by atoms with van der Waals surface area (Å²) in [6, 6.07) is 19.3. The fourth-order valence-electron chi connectivity index (χ4n) is 2.55. The number of hydrogen-bond donors (Lipinski definition) is 1. The molecule has 0 radical (unpaired) electrons. The summed E-state index contributed by atoms with van der Waals surface area (Å²) in [7, 11) is 0. The van der Waals surface area contributed by atoms with E-state index in [2.05, 4.69) is 26.2 Å². The molecule has 0 bridgehead atoms. The van der Waals surface area contributed by atoms with Gasteiger partial charge in [0.1, 0.15) is 0 Å². The summed E-state index contributed by atoms with van der Waals surface area (Å²) in [5, 5.41) is 5.39. The molecule has 1 amide bonds. The molecule has 4 aromatic rings. The summed E-state index contributed by atoms with van der Waals surface area (Å²) in [6.07, 6.45) is 3.93. The molecule has 2 aromatic heterocycles. The van der Waals surface area contributed by atoms with Crippen molar-refractivity contribution in [1.82, 2.24) is 9.55 Å². The van der Waals surface area contributed by atoms with Crippen LogP contribution in [0.1, 0.15) is 10.4 Å². The molecule has 0 saturated heterocycles. The fraction of sp³-hybridized carbons (Fsp3) is 0. The summed E-state index contributed by atoms with van der Waals surface area (Å²) >= 11 is 4.84. The molecule has 0 aliphatic heterocycles. The number of halogens is 1. The molecule has 0 fully saturated rings. The molecule has 0 saturated carbocycles. The highest BCUT2D eigenvalue weighted by Gasteiger charge is 2.10. The Morgan fingerprint density at radius 3 is 2.38 bits per heavy atom. The molecular formula is C20H14BrN3OS. The zero-order chi connectivity index (χ0) is 17.9. The van der Waals surface area contributed by atoms with Crippen LogP contribution in [-0.4, -0.2) is 15.5 Å². The van der Waals surface area contributed by atoms with Gasteiger partial charge in [-0.2, -0.15) is 0 Å². The van der Waals surface area contributed by atoms with Crippen LogP contribution in [0.5, 0.6) is 0 Å². The number of amides is 1. The highest BCUT2D eigenvalue weighted by atomic mass is 79.9. The SMILES string of the molecule is O=C(Nc1nc(-c2ccc(Br)cc2)cs1)c1ccc(-n2cccc2)cc1. The monoisotopic (exact) mass is 423 g/mol. The average molecular weight is 424 g/mol. The number of nitrogens with zero attached hydrogens (tertiary/aromatic N) is 2. The van der Waals surface area contributed by atoms with Crippen molar-refractivity contribution >= 4 is 38.3 Å². The van der Waals surface area contributed by atoms with Crippen molar-refractivity contribution in [2.75, 3.05) is 5.32 Å². The molecule has 128 valence electrons. The number of anilines is 1. The molecule has 0 aliphatic rings. The van der Waals surface area contributed by atoms with E-state index in [-0.39, 0.29) is 5.91 Å². The molecule has 0 unspecified atom stereocenters. The Morgan fingerprint density at radius 2 is 1.69 bits per heavy atom. The van der Waals surface area contributed by atoms with Crippen LogP contribution in [0.15, 0.2) is 82.9 Å². The summed E-state index contributed by atoms with van der Waals surface area (Å²) in [4.78, 5) is 16.9. The first-order valence-electron chi connectivity index (χ1n) is 7.95. The van der Waals surface area contributed by atoms with E-state index < -0.39 is 0 Å². The maximum atomic E-state index is 12.4. The van der Waals surface area contributed by atoms with Crippen molar-refractivity contribution in [2.45, 2.75) is 0 Å². The van der Waals surface area contributed by atoms with Crippen LogP contribution in [0.2, 0.25) is 0 Å². The van der Waals surface area contributed by atoms with Gasteiger partial charge in [0.2, 0.25) is 0 Å². The van der Waals surface area contributed by atoms with E-state index in [9.17, 15) is 4.79 Å². The van der Waals surface area contributed by atoms with Gasteiger partial charge in [-0.05, 0) is 48.5 Å². The van der Waals surface area contributed by atoms with Gasteiger partial charge in [0, 0.05) is 39.1 Å². The third-order valence-electron chi connectivity index (χ3n) is 3.90. The number of carbonyl (C=O) groups is 1. The van der Waals surface area contributed by atoms with Gasteiger partial charge in [-0.15, -0.1) is 11.3 Å². The molecular weight excluding hydrogens is 410 g/mol. The van der Waals surface area contributed by atoms with Crippen LogP contribution in [0.3, 0.4) is 0 Å². The van der Waals surface area contributed by atoms with Crippen LogP contribution in [0.25, 0.3) is 16.9 Å². The van der Waals surface area contributed by atoms with Gasteiger partial charge >= 0.3 is 0 Å². The second kappa shape index (κ2) is 7.27. The van der Waals surface area contributed by atoms with E-state index in [0.29, 0.717) is 10.7 Å². The molecule has 1 N–H and O–H groups in total. The first kappa shape index (κ1) is 16.8. The maximum absolute atomic E-state index is 12.4. The van der Waals surface area contributed by atoms with E-state index in [1.807, 2.05) is 83.0 Å². The molecule has 26 heavy (non-hydrogen) atoms. The van der Waals surface area contributed by atoms with Crippen molar-refractivity contribution in [3.63, 3.8) is 0 Å². The van der Waals surface area contributed by atoms with Gasteiger partial charge in [0.25, 0.3) is 5.91 Å².